The number of pyridine rings is 2. The first kappa shape index (κ1) is 66.4. The largest absolute Gasteiger partial charge is 0.491 e. The standard InChI is InChI=1S/C65H81FN12O11S/c1-40(68-5)60(82)72-57(41-12-8-7-9-13-41)64(85)77-20-11-16-53(77)62-71-52(39-90-62)58(81)42-14-10-15-47(31-42)89-29-28-88-27-26-87-25-24-86-23-18-55(80)76-21-22-78-46(37-76)34-54(74-78)70-51-32-44(36-75(6)63(51)84)48-17-19-69-59(49(48)38-79)73-61(83)56-43(35-67)30-45(33-50(56)66)65(2,3)4/h10,14-15,17,19,30-36,39-41,53,57,67-68,79H,7-9,11-13,16,18,20-29,37-38H2,1-6H3,(H,70,74)(H,72,82)(H,69,73,83)/t40-,53-,57-/m1/s1. The molecule has 2 aliphatic heterocycles. The van der Waals surface area contributed by atoms with E-state index in [2.05, 4.69) is 31.3 Å². The van der Waals surface area contributed by atoms with Crippen molar-refractivity contribution >= 4 is 64.3 Å². The van der Waals surface area contributed by atoms with Crippen molar-refractivity contribution in [2.75, 3.05) is 77.0 Å². The summed E-state index contributed by atoms with van der Waals surface area (Å²) in [6, 6.07) is 13.5. The first-order valence-electron chi connectivity index (χ1n) is 30.7. The zero-order valence-corrected chi connectivity index (χ0v) is 52.7. The van der Waals surface area contributed by atoms with Gasteiger partial charge < -0.3 is 65.1 Å². The smallest absolute Gasteiger partial charge is 0.274 e. The minimum atomic E-state index is -0.845. The highest BCUT2D eigenvalue weighted by atomic mass is 32.1. The van der Waals surface area contributed by atoms with Crippen LogP contribution in [-0.2, 0) is 60.8 Å². The number of halogens is 1. The molecule has 3 aliphatic rings. The summed E-state index contributed by atoms with van der Waals surface area (Å²) in [5.74, 6) is -1.30. The predicted molar refractivity (Wildman–Crippen MR) is 338 cm³/mol. The molecule has 2 aromatic carbocycles. The number of aryl methyl sites for hydroxylation is 1. The third-order valence-corrected chi connectivity index (χ3v) is 17.6. The molecule has 2 fully saturated rings. The number of hydrogen-bond acceptors (Lipinski definition) is 18. The van der Waals surface area contributed by atoms with Crippen molar-refractivity contribution in [3.05, 3.63) is 133 Å². The molecule has 0 spiro atoms. The molecule has 480 valence electrons. The molecule has 9 rings (SSSR count). The Morgan fingerprint density at radius 1 is 0.911 bits per heavy atom. The Kier molecular flexibility index (Phi) is 22.6. The zero-order valence-electron chi connectivity index (χ0n) is 51.9. The number of anilines is 3. The number of fused-ring (bicyclic) bond motifs is 1. The van der Waals surface area contributed by atoms with E-state index in [1.807, 2.05) is 25.7 Å². The van der Waals surface area contributed by atoms with Crippen molar-refractivity contribution in [2.24, 2.45) is 13.0 Å². The van der Waals surface area contributed by atoms with Crippen molar-refractivity contribution in [3.63, 3.8) is 0 Å². The molecule has 90 heavy (non-hydrogen) atoms. The second kappa shape index (κ2) is 30.6. The number of likely N-dealkylation sites (tertiary alicyclic amines) is 1. The maximum atomic E-state index is 15.5. The molecule has 6 N–H and O–H groups in total. The first-order chi connectivity index (χ1) is 43.3. The number of amides is 4. The van der Waals surface area contributed by atoms with Gasteiger partial charge >= 0.3 is 0 Å². The molecule has 3 atom stereocenters. The van der Waals surface area contributed by atoms with Crippen LogP contribution in [0.25, 0.3) is 11.1 Å². The van der Waals surface area contributed by atoms with Crippen molar-refractivity contribution in [2.45, 2.75) is 122 Å². The van der Waals surface area contributed by atoms with Gasteiger partial charge in [-0.1, -0.05) is 52.2 Å². The number of carbonyl (C=O) groups is 5. The van der Waals surface area contributed by atoms with E-state index in [4.69, 9.17) is 29.3 Å². The van der Waals surface area contributed by atoms with Gasteiger partial charge in [-0.05, 0) is 98.5 Å². The van der Waals surface area contributed by atoms with Crippen LogP contribution >= 0.6 is 11.3 Å². The van der Waals surface area contributed by atoms with E-state index in [1.165, 1.54) is 28.2 Å². The lowest BCUT2D eigenvalue weighted by Gasteiger charge is -2.35. The van der Waals surface area contributed by atoms with Crippen LogP contribution in [0, 0.1) is 17.1 Å². The fourth-order valence-corrected chi connectivity index (χ4v) is 12.4. The fraction of sp³-hybridized carbons (Fsp3) is 0.477. The molecule has 1 saturated carbocycles. The summed E-state index contributed by atoms with van der Waals surface area (Å²) in [4.78, 5) is 93.9. The molecule has 6 aromatic rings. The number of ether oxygens (including phenoxy) is 4. The Bertz CT molecular complexity index is 3610. The molecule has 25 heteroatoms. The monoisotopic (exact) mass is 1260 g/mol. The first-order valence-corrected chi connectivity index (χ1v) is 31.5. The normalized spacial score (nSPS) is 15.9. The summed E-state index contributed by atoms with van der Waals surface area (Å²) in [5.41, 5.74) is 2.40. The number of likely N-dealkylation sites (N-methyl/N-ethyl adjacent to an activating group) is 1. The highest BCUT2D eigenvalue weighted by molar-refractivity contribution is 7.10. The predicted octanol–water partition coefficient (Wildman–Crippen LogP) is 7.45. The van der Waals surface area contributed by atoms with Crippen LogP contribution in [0.5, 0.6) is 5.75 Å². The number of nitrogens with one attached hydrogen (secondary N) is 5. The molecule has 4 amide bonds. The van der Waals surface area contributed by atoms with Gasteiger partial charge in [-0.15, -0.1) is 11.3 Å². The van der Waals surface area contributed by atoms with Crippen LogP contribution in [0.1, 0.15) is 139 Å². The lowest BCUT2D eigenvalue weighted by atomic mass is 9.83. The summed E-state index contributed by atoms with van der Waals surface area (Å²) >= 11 is 1.37. The van der Waals surface area contributed by atoms with Crippen LogP contribution < -0.4 is 31.6 Å². The summed E-state index contributed by atoms with van der Waals surface area (Å²) in [6.45, 7) is 10.6. The van der Waals surface area contributed by atoms with E-state index in [0.29, 0.717) is 90.5 Å². The second-order valence-electron chi connectivity index (χ2n) is 23.8. The van der Waals surface area contributed by atoms with Gasteiger partial charge in [-0.3, -0.25) is 33.4 Å². The number of nitrogens with zero attached hydrogens (tertiary/aromatic N) is 7. The minimum absolute atomic E-state index is 0.0206. The van der Waals surface area contributed by atoms with Crippen LogP contribution in [0.3, 0.4) is 0 Å². The quantitative estimate of drug-likeness (QED) is 0.0158. The summed E-state index contributed by atoms with van der Waals surface area (Å²) < 4.78 is 41.6. The number of thiazole rings is 1. The van der Waals surface area contributed by atoms with Crippen LogP contribution in [0.2, 0.25) is 0 Å². The van der Waals surface area contributed by atoms with Crippen LogP contribution in [-0.4, -0.2) is 153 Å². The molecule has 1 aliphatic carbocycles. The average Bonchev–Trinajstić information content (AvgIpc) is 1.17. The number of ketones is 1. The highest BCUT2D eigenvalue weighted by Crippen LogP contribution is 2.38. The summed E-state index contributed by atoms with van der Waals surface area (Å²) in [6.07, 6.45) is 10.6. The molecule has 0 unspecified atom stereocenters. The topological polar surface area (TPSA) is 287 Å². The number of aliphatic hydroxyl groups is 1. The molecular formula is C65H81FN12O11S. The number of aromatic nitrogens is 5. The number of hydrogen-bond donors (Lipinski definition) is 6. The third kappa shape index (κ3) is 16.3. The Hall–Kier alpha value is -8.07. The summed E-state index contributed by atoms with van der Waals surface area (Å²) in [5, 5.41) is 37.4. The van der Waals surface area contributed by atoms with Gasteiger partial charge in [0.1, 0.15) is 46.4 Å². The van der Waals surface area contributed by atoms with Gasteiger partial charge in [0.25, 0.3) is 11.5 Å². The highest BCUT2D eigenvalue weighted by Gasteiger charge is 2.40. The molecular weight excluding hydrogens is 1180 g/mol. The SMILES string of the molecule is CN[C@H](C)C(=O)N[C@@H](C(=O)N1CCC[C@@H]1c1nc(C(=O)c2cccc(OCCOCCOCCOCCC(=O)N3CCn4nc(Nc5cc(-c6ccnc(NC(=O)c7c(F)cc(C(C)(C)C)cc7C=N)c6CO)cn(C)c5=O)cc4C3)c2)cs1)C1CCCCC1. The Balaban J connectivity index is 0.668. The van der Waals surface area contributed by atoms with E-state index in [0.717, 1.165) is 56.9 Å². The minimum Gasteiger partial charge on any atom is -0.491 e. The maximum Gasteiger partial charge on any atom is 0.274 e. The van der Waals surface area contributed by atoms with Crippen molar-refractivity contribution in [3.8, 4) is 16.9 Å². The van der Waals surface area contributed by atoms with Crippen LogP contribution in [0.15, 0.2) is 77.2 Å². The van der Waals surface area contributed by atoms with Crippen LogP contribution in [0.4, 0.5) is 21.7 Å². The van der Waals surface area contributed by atoms with Gasteiger partial charge in [0.05, 0.1) is 89.1 Å². The van der Waals surface area contributed by atoms with Gasteiger partial charge in [0, 0.05) is 72.4 Å². The number of carbonyl (C=O) groups excluding carboxylic acids is 5. The summed E-state index contributed by atoms with van der Waals surface area (Å²) in [7, 11) is 3.30. The number of rotatable bonds is 28. The van der Waals surface area contributed by atoms with E-state index in [9.17, 15) is 33.9 Å². The Labute approximate surface area is 526 Å². The van der Waals surface area contributed by atoms with Gasteiger partial charge in [-0.25, -0.2) is 14.4 Å². The molecule has 23 nitrogen and oxygen atoms in total. The van der Waals surface area contributed by atoms with Gasteiger partial charge in [-0.2, -0.15) is 5.10 Å². The lowest BCUT2D eigenvalue weighted by Crippen LogP contribution is -2.55. The lowest BCUT2D eigenvalue weighted by molar-refractivity contribution is -0.139. The van der Waals surface area contributed by atoms with Gasteiger partial charge in [0.15, 0.2) is 5.82 Å². The second-order valence-corrected chi connectivity index (χ2v) is 24.7. The molecule has 0 radical (unpaired) electrons. The van der Waals surface area contributed by atoms with Crippen molar-refractivity contribution in [1.29, 1.82) is 5.41 Å². The Morgan fingerprint density at radius 2 is 1.66 bits per heavy atom. The van der Waals surface area contributed by atoms with Crippen molar-refractivity contribution < 1.29 is 52.4 Å². The average molecular weight is 1260 g/mol. The third-order valence-electron chi connectivity index (χ3n) is 16.6. The number of aliphatic hydroxyl groups excluding tert-OH is 1. The molecule has 4 aromatic heterocycles. The number of benzene rings is 2. The molecule has 6 heterocycles. The zero-order chi connectivity index (χ0) is 64.1. The molecule has 0 bridgehead atoms. The fourth-order valence-electron chi connectivity index (χ4n) is 11.5. The van der Waals surface area contributed by atoms with E-state index >= 15 is 4.39 Å². The van der Waals surface area contributed by atoms with Gasteiger partial charge in [0.2, 0.25) is 23.5 Å². The van der Waals surface area contributed by atoms with E-state index < -0.39 is 35.8 Å². The van der Waals surface area contributed by atoms with E-state index in [1.54, 1.807) is 90.7 Å². The Morgan fingerprint density at radius 3 is 2.38 bits per heavy atom. The maximum absolute atomic E-state index is 15.5. The molecule has 1 saturated heterocycles. The van der Waals surface area contributed by atoms with E-state index in [-0.39, 0.29) is 102 Å². The van der Waals surface area contributed by atoms with Crippen molar-refractivity contribution in [1.82, 2.24) is 44.7 Å².